The van der Waals surface area contributed by atoms with E-state index < -0.39 is 0 Å². The summed E-state index contributed by atoms with van der Waals surface area (Å²) in [6, 6.07) is 16.8. The molecule has 0 bridgehead atoms. The molecule has 0 fully saturated rings. The second kappa shape index (κ2) is 8.07. The molecule has 6 heteroatoms. The van der Waals surface area contributed by atoms with Crippen LogP contribution in [-0.2, 0) is 4.79 Å². The highest BCUT2D eigenvalue weighted by atomic mass is 32.1. The van der Waals surface area contributed by atoms with Crippen LogP contribution in [0.1, 0.15) is 38.8 Å². The lowest BCUT2D eigenvalue weighted by Crippen LogP contribution is -2.10. The van der Waals surface area contributed by atoms with Gasteiger partial charge in [-0.2, -0.15) is 5.26 Å². The summed E-state index contributed by atoms with van der Waals surface area (Å²) in [5, 5.41) is 16.2. The lowest BCUT2D eigenvalue weighted by atomic mass is 10.1. The van der Waals surface area contributed by atoms with Gasteiger partial charge in [0.2, 0.25) is 11.7 Å². The molecule has 0 aliphatic carbocycles. The molecule has 0 atom stereocenters. The van der Waals surface area contributed by atoms with Crippen LogP contribution >= 0.6 is 11.3 Å². The number of hydrogen-bond donors (Lipinski definition) is 2. The number of ketones is 1. The Morgan fingerprint density at radius 2 is 1.61 bits per heavy atom. The number of aryl methyl sites for hydroxylation is 2. The second-order valence-corrected chi connectivity index (χ2v) is 7.41. The summed E-state index contributed by atoms with van der Waals surface area (Å²) in [7, 11) is 0. The smallest absolute Gasteiger partial charge is 0.221 e. The molecule has 140 valence electrons. The minimum Gasteiger partial charge on any atom is -0.346 e. The van der Waals surface area contributed by atoms with Crippen molar-refractivity contribution >= 4 is 39.4 Å². The first-order chi connectivity index (χ1) is 13.4. The number of rotatable bonds is 5. The Labute approximate surface area is 167 Å². The molecule has 2 aromatic carbocycles. The van der Waals surface area contributed by atoms with Gasteiger partial charge in [0, 0.05) is 18.2 Å². The van der Waals surface area contributed by atoms with Crippen LogP contribution in [0.4, 0.5) is 16.4 Å². The average Bonchev–Trinajstić information content (AvgIpc) is 3.01. The number of nitriles is 1. The zero-order valence-electron chi connectivity index (χ0n) is 15.8. The van der Waals surface area contributed by atoms with Crippen LogP contribution in [0.5, 0.6) is 0 Å². The topological polar surface area (TPSA) is 82.0 Å². The minimum absolute atomic E-state index is 0.236. The van der Waals surface area contributed by atoms with Crippen LogP contribution in [0.25, 0.3) is 0 Å². The van der Waals surface area contributed by atoms with E-state index in [1.807, 2.05) is 38.1 Å². The molecule has 0 unspecified atom stereocenters. The van der Waals surface area contributed by atoms with E-state index in [1.54, 1.807) is 24.3 Å². The van der Waals surface area contributed by atoms with Crippen molar-refractivity contribution in [2.24, 2.45) is 0 Å². The third-order valence-corrected chi connectivity index (χ3v) is 5.39. The summed E-state index contributed by atoms with van der Waals surface area (Å²) < 4.78 is 0. The SMILES string of the molecule is CC(=O)Nc1c(C(=O)c2ccccc2)sc(Nc2c(C)cccc2C)c1C#N. The largest absolute Gasteiger partial charge is 0.346 e. The number of thiophene rings is 1. The quantitative estimate of drug-likeness (QED) is 0.590. The molecular weight excluding hydrogens is 370 g/mol. The fraction of sp³-hybridized carbons (Fsp3) is 0.136. The number of benzene rings is 2. The molecule has 5 nitrogen and oxygen atoms in total. The third-order valence-electron chi connectivity index (χ3n) is 4.28. The second-order valence-electron chi connectivity index (χ2n) is 6.39. The first-order valence-corrected chi connectivity index (χ1v) is 9.51. The predicted octanol–water partition coefficient (Wildman–Crippen LogP) is 5.17. The van der Waals surface area contributed by atoms with E-state index in [4.69, 9.17) is 0 Å². The fourth-order valence-corrected chi connectivity index (χ4v) is 4.00. The summed E-state index contributed by atoms with van der Waals surface area (Å²) in [6.45, 7) is 5.30. The van der Waals surface area contributed by atoms with Gasteiger partial charge in [-0.25, -0.2) is 0 Å². The normalized spacial score (nSPS) is 10.2. The molecule has 2 N–H and O–H groups in total. The maximum Gasteiger partial charge on any atom is 0.221 e. The van der Waals surface area contributed by atoms with E-state index in [0.717, 1.165) is 16.8 Å². The molecular formula is C22H19N3O2S. The van der Waals surface area contributed by atoms with E-state index in [0.29, 0.717) is 15.4 Å². The Hall–Kier alpha value is -3.43. The van der Waals surface area contributed by atoms with Crippen molar-refractivity contribution in [2.75, 3.05) is 10.6 Å². The van der Waals surface area contributed by atoms with Crippen LogP contribution in [0.15, 0.2) is 48.5 Å². The first-order valence-electron chi connectivity index (χ1n) is 8.69. The number of anilines is 3. The molecule has 1 heterocycles. The number of nitrogens with zero attached hydrogens (tertiary/aromatic N) is 1. The Bertz CT molecular complexity index is 1070. The average molecular weight is 389 g/mol. The number of para-hydroxylation sites is 1. The number of amides is 1. The van der Waals surface area contributed by atoms with Gasteiger partial charge in [-0.3, -0.25) is 9.59 Å². The van der Waals surface area contributed by atoms with Gasteiger partial charge in [0.15, 0.2) is 0 Å². The summed E-state index contributed by atoms with van der Waals surface area (Å²) in [5.41, 5.74) is 3.93. The maximum atomic E-state index is 13.0. The standard InChI is InChI=1S/C22H19N3O2S/c1-13-8-7-9-14(2)18(13)25-22-17(12-23)19(24-15(3)26)21(28-22)20(27)16-10-5-4-6-11-16/h4-11,25H,1-3H3,(H,24,26). The Morgan fingerprint density at radius 3 is 2.18 bits per heavy atom. The number of carbonyl (C=O) groups is 2. The molecule has 0 saturated carbocycles. The Kier molecular flexibility index (Phi) is 5.57. The van der Waals surface area contributed by atoms with E-state index >= 15 is 0 Å². The molecule has 1 amide bonds. The molecule has 0 radical (unpaired) electrons. The summed E-state index contributed by atoms with van der Waals surface area (Å²) in [4.78, 5) is 25.1. The Morgan fingerprint density at radius 1 is 0.964 bits per heavy atom. The van der Waals surface area contributed by atoms with Crippen molar-refractivity contribution in [3.8, 4) is 6.07 Å². The lowest BCUT2D eigenvalue weighted by molar-refractivity contribution is -0.114. The number of carbonyl (C=O) groups excluding carboxylic acids is 2. The van der Waals surface area contributed by atoms with Gasteiger partial charge in [-0.1, -0.05) is 48.5 Å². The van der Waals surface area contributed by atoms with Crippen molar-refractivity contribution in [3.63, 3.8) is 0 Å². The fourth-order valence-electron chi connectivity index (χ4n) is 2.93. The van der Waals surface area contributed by atoms with Crippen LogP contribution in [0.2, 0.25) is 0 Å². The monoisotopic (exact) mass is 389 g/mol. The first kappa shape index (κ1) is 19.3. The number of nitrogens with one attached hydrogen (secondary N) is 2. The predicted molar refractivity (Wildman–Crippen MR) is 112 cm³/mol. The van der Waals surface area contributed by atoms with Crippen molar-refractivity contribution in [1.82, 2.24) is 0 Å². The van der Waals surface area contributed by atoms with Gasteiger partial charge in [0.05, 0.1) is 5.69 Å². The molecule has 3 aromatic rings. The zero-order valence-corrected chi connectivity index (χ0v) is 16.6. The van der Waals surface area contributed by atoms with E-state index in [9.17, 15) is 14.9 Å². The van der Waals surface area contributed by atoms with Crippen molar-refractivity contribution in [3.05, 3.63) is 75.7 Å². The number of hydrogen-bond acceptors (Lipinski definition) is 5. The molecule has 3 rings (SSSR count). The Balaban J connectivity index is 2.14. The molecule has 0 aliphatic rings. The lowest BCUT2D eigenvalue weighted by Gasteiger charge is -2.11. The van der Waals surface area contributed by atoms with E-state index in [-0.39, 0.29) is 22.9 Å². The summed E-state index contributed by atoms with van der Waals surface area (Å²) in [5.74, 6) is -0.574. The van der Waals surface area contributed by atoms with Crippen LogP contribution < -0.4 is 10.6 Å². The highest BCUT2D eigenvalue weighted by Crippen LogP contribution is 2.41. The van der Waals surface area contributed by atoms with Gasteiger partial charge in [0.1, 0.15) is 21.5 Å². The highest BCUT2D eigenvalue weighted by molar-refractivity contribution is 7.19. The van der Waals surface area contributed by atoms with E-state index in [1.165, 1.54) is 18.3 Å². The van der Waals surface area contributed by atoms with Crippen molar-refractivity contribution in [2.45, 2.75) is 20.8 Å². The van der Waals surface area contributed by atoms with Gasteiger partial charge in [-0.05, 0) is 25.0 Å². The van der Waals surface area contributed by atoms with Crippen LogP contribution in [-0.4, -0.2) is 11.7 Å². The summed E-state index contributed by atoms with van der Waals surface area (Å²) in [6.07, 6.45) is 0. The van der Waals surface area contributed by atoms with E-state index in [2.05, 4.69) is 16.7 Å². The molecule has 28 heavy (non-hydrogen) atoms. The molecule has 1 aromatic heterocycles. The van der Waals surface area contributed by atoms with Crippen molar-refractivity contribution in [1.29, 1.82) is 5.26 Å². The maximum absolute atomic E-state index is 13.0. The third kappa shape index (κ3) is 3.80. The summed E-state index contributed by atoms with van der Waals surface area (Å²) >= 11 is 1.17. The molecule has 0 aliphatic heterocycles. The molecule has 0 spiro atoms. The van der Waals surface area contributed by atoms with Gasteiger partial charge in [-0.15, -0.1) is 11.3 Å². The minimum atomic E-state index is -0.338. The van der Waals surface area contributed by atoms with Gasteiger partial charge >= 0.3 is 0 Å². The van der Waals surface area contributed by atoms with Crippen LogP contribution in [0.3, 0.4) is 0 Å². The zero-order chi connectivity index (χ0) is 20.3. The van der Waals surface area contributed by atoms with Crippen molar-refractivity contribution < 1.29 is 9.59 Å². The van der Waals surface area contributed by atoms with Gasteiger partial charge < -0.3 is 10.6 Å². The van der Waals surface area contributed by atoms with Gasteiger partial charge in [0.25, 0.3) is 0 Å². The van der Waals surface area contributed by atoms with Crippen LogP contribution in [0, 0.1) is 25.2 Å². The highest BCUT2D eigenvalue weighted by Gasteiger charge is 2.25. The molecule has 0 saturated heterocycles.